The first-order valence-corrected chi connectivity index (χ1v) is 6.54. The van der Waals surface area contributed by atoms with Gasteiger partial charge in [0, 0.05) is 0 Å². The molecule has 1 fully saturated rings. The van der Waals surface area contributed by atoms with Gasteiger partial charge in [-0.3, -0.25) is 4.79 Å². The molecule has 3 N–H and O–H groups in total. The smallest absolute Gasteiger partial charge is 0.233 e. The standard InChI is InChI=1S/C14H18N2OS/c1-9-5-3-4-6-11(9)10(2)16-13(17)14(7-8-14)12(15)18/h3-6,10H,7-8H2,1-2H3,(H2,15,18)(H,16,17). The van der Waals surface area contributed by atoms with Crippen LogP contribution in [0.3, 0.4) is 0 Å². The summed E-state index contributed by atoms with van der Waals surface area (Å²) in [6, 6.07) is 8.01. The zero-order valence-electron chi connectivity index (χ0n) is 10.7. The molecule has 3 nitrogen and oxygen atoms in total. The monoisotopic (exact) mass is 262 g/mol. The fourth-order valence-corrected chi connectivity index (χ4v) is 2.49. The molecule has 0 spiro atoms. The first-order valence-electron chi connectivity index (χ1n) is 6.14. The molecule has 96 valence electrons. The van der Waals surface area contributed by atoms with Gasteiger partial charge in [-0.1, -0.05) is 36.5 Å². The van der Waals surface area contributed by atoms with E-state index in [0.717, 1.165) is 18.4 Å². The van der Waals surface area contributed by atoms with Crippen molar-refractivity contribution in [2.45, 2.75) is 32.7 Å². The number of rotatable bonds is 4. The van der Waals surface area contributed by atoms with Gasteiger partial charge in [-0.05, 0) is 37.8 Å². The molecule has 1 saturated carbocycles. The summed E-state index contributed by atoms with van der Waals surface area (Å²) in [5.41, 5.74) is 7.37. The third-order valence-electron chi connectivity index (χ3n) is 3.66. The summed E-state index contributed by atoms with van der Waals surface area (Å²) in [5.74, 6) is -0.0363. The van der Waals surface area contributed by atoms with Crippen LogP contribution in [0.1, 0.15) is 36.9 Å². The Hall–Kier alpha value is -1.42. The molecule has 1 unspecified atom stereocenters. The van der Waals surface area contributed by atoms with Crippen molar-refractivity contribution in [2.24, 2.45) is 11.1 Å². The highest BCUT2D eigenvalue weighted by atomic mass is 32.1. The Morgan fingerprint density at radius 2 is 2.06 bits per heavy atom. The largest absolute Gasteiger partial charge is 0.392 e. The van der Waals surface area contributed by atoms with E-state index in [1.165, 1.54) is 5.56 Å². The molecule has 2 rings (SSSR count). The number of nitrogens with one attached hydrogen (secondary N) is 1. The third-order valence-corrected chi connectivity index (χ3v) is 4.05. The molecular weight excluding hydrogens is 244 g/mol. The summed E-state index contributed by atoms with van der Waals surface area (Å²) in [7, 11) is 0. The van der Waals surface area contributed by atoms with Crippen molar-refractivity contribution in [3.8, 4) is 0 Å². The molecule has 0 aliphatic heterocycles. The zero-order chi connectivity index (χ0) is 13.3. The van der Waals surface area contributed by atoms with Crippen molar-refractivity contribution in [1.82, 2.24) is 5.32 Å². The Bertz CT molecular complexity index is 494. The molecule has 0 bridgehead atoms. The fraction of sp³-hybridized carbons (Fsp3) is 0.429. The van der Waals surface area contributed by atoms with Crippen LogP contribution < -0.4 is 11.1 Å². The fourth-order valence-electron chi connectivity index (χ4n) is 2.20. The van der Waals surface area contributed by atoms with E-state index in [2.05, 4.69) is 5.32 Å². The minimum atomic E-state index is -0.577. The van der Waals surface area contributed by atoms with Crippen molar-refractivity contribution in [1.29, 1.82) is 0 Å². The van der Waals surface area contributed by atoms with Gasteiger partial charge >= 0.3 is 0 Å². The Labute approximate surface area is 113 Å². The van der Waals surface area contributed by atoms with Crippen LogP contribution in [0, 0.1) is 12.3 Å². The van der Waals surface area contributed by atoms with Crippen LogP contribution in [-0.4, -0.2) is 10.9 Å². The summed E-state index contributed by atoms with van der Waals surface area (Å²) in [4.78, 5) is 12.5. The Morgan fingerprint density at radius 1 is 1.44 bits per heavy atom. The third kappa shape index (κ3) is 2.25. The molecule has 4 heteroatoms. The molecule has 18 heavy (non-hydrogen) atoms. The van der Waals surface area contributed by atoms with E-state index in [1.54, 1.807) is 0 Å². The van der Waals surface area contributed by atoms with Crippen LogP contribution in [0.5, 0.6) is 0 Å². The van der Waals surface area contributed by atoms with Gasteiger partial charge in [0.25, 0.3) is 0 Å². The second-order valence-electron chi connectivity index (χ2n) is 5.00. The van der Waals surface area contributed by atoms with Crippen LogP contribution in [-0.2, 0) is 4.79 Å². The molecule has 1 aromatic rings. The van der Waals surface area contributed by atoms with E-state index in [1.807, 2.05) is 38.1 Å². The lowest BCUT2D eigenvalue weighted by Crippen LogP contribution is -2.40. The highest BCUT2D eigenvalue weighted by molar-refractivity contribution is 7.80. The summed E-state index contributed by atoms with van der Waals surface area (Å²) < 4.78 is 0. The Balaban J connectivity index is 2.09. The van der Waals surface area contributed by atoms with Crippen LogP contribution in [0.25, 0.3) is 0 Å². The molecule has 0 saturated heterocycles. The molecule has 1 amide bonds. The molecule has 1 atom stereocenters. The zero-order valence-corrected chi connectivity index (χ0v) is 11.5. The number of benzene rings is 1. The predicted octanol–water partition coefficient (Wildman–Crippen LogP) is 2.24. The molecule has 0 aromatic heterocycles. The lowest BCUT2D eigenvalue weighted by Gasteiger charge is -2.20. The predicted molar refractivity (Wildman–Crippen MR) is 76.2 cm³/mol. The summed E-state index contributed by atoms with van der Waals surface area (Å²) in [5, 5.41) is 3.01. The second-order valence-corrected chi connectivity index (χ2v) is 5.44. The van der Waals surface area contributed by atoms with Crippen LogP contribution in [0.4, 0.5) is 0 Å². The van der Waals surface area contributed by atoms with Gasteiger partial charge in [0.15, 0.2) is 0 Å². The van der Waals surface area contributed by atoms with E-state index < -0.39 is 5.41 Å². The topological polar surface area (TPSA) is 55.1 Å². The summed E-state index contributed by atoms with van der Waals surface area (Å²) in [6.45, 7) is 4.02. The van der Waals surface area contributed by atoms with Gasteiger partial charge in [-0.15, -0.1) is 0 Å². The SMILES string of the molecule is Cc1ccccc1C(C)NC(=O)C1(C(N)=S)CC1. The lowest BCUT2D eigenvalue weighted by atomic mass is 10.0. The first kappa shape index (κ1) is 13.0. The first-order chi connectivity index (χ1) is 8.47. The lowest BCUT2D eigenvalue weighted by molar-refractivity contribution is -0.124. The van der Waals surface area contributed by atoms with Crippen LogP contribution >= 0.6 is 12.2 Å². The quantitative estimate of drug-likeness (QED) is 0.818. The van der Waals surface area contributed by atoms with Gasteiger partial charge < -0.3 is 11.1 Å². The highest BCUT2D eigenvalue weighted by Crippen LogP contribution is 2.46. The van der Waals surface area contributed by atoms with Gasteiger partial charge in [-0.2, -0.15) is 0 Å². The summed E-state index contributed by atoms with van der Waals surface area (Å²) >= 11 is 4.98. The number of hydrogen-bond donors (Lipinski definition) is 2. The number of carbonyl (C=O) groups is 1. The van der Waals surface area contributed by atoms with E-state index in [4.69, 9.17) is 18.0 Å². The average Bonchev–Trinajstić information content (AvgIpc) is 3.10. The van der Waals surface area contributed by atoms with Crippen molar-refractivity contribution in [3.63, 3.8) is 0 Å². The number of nitrogens with two attached hydrogens (primary N) is 1. The van der Waals surface area contributed by atoms with Crippen molar-refractivity contribution < 1.29 is 4.79 Å². The number of amides is 1. The molecule has 0 radical (unpaired) electrons. The van der Waals surface area contributed by atoms with Crippen molar-refractivity contribution in [3.05, 3.63) is 35.4 Å². The van der Waals surface area contributed by atoms with E-state index in [9.17, 15) is 4.79 Å². The number of carbonyl (C=O) groups excluding carboxylic acids is 1. The second kappa shape index (κ2) is 4.69. The van der Waals surface area contributed by atoms with Gasteiger partial charge in [0.05, 0.1) is 16.4 Å². The molecule has 1 aliphatic rings. The minimum Gasteiger partial charge on any atom is -0.392 e. The average molecular weight is 262 g/mol. The number of hydrogen-bond acceptors (Lipinski definition) is 2. The van der Waals surface area contributed by atoms with E-state index >= 15 is 0 Å². The van der Waals surface area contributed by atoms with E-state index in [-0.39, 0.29) is 11.9 Å². The van der Waals surface area contributed by atoms with Crippen molar-refractivity contribution in [2.75, 3.05) is 0 Å². The molecule has 0 heterocycles. The molecular formula is C14H18N2OS. The van der Waals surface area contributed by atoms with Gasteiger partial charge in [0.1, 0.15) is 0 Å². The Morgan fingerprint density at radius 3 is 2.56 bits per heavy atom. The number of aryl methyl sites for hydroxylation is 1. The maximum atomic E-state index is 12.2. The minimum absolute atomic E-state index is 0.0227. The van der Waals surface area contributed by atoms with Crippen LogP contribution in [0.2, 0.25) is 0 Å². The maximum absolute atomic E-state index is 12.2. The molecule has 1 aliphatic carbocycles. The highest BCUT2D eigenvalue weighted by Gasteiger charge is 2.52. The molecule has 1 aromatic carbocycles. The summed E-state index contributed by atoms with van der Waals surface area (Å²) in [6.07, 6.45) is 1.54. The van der Waals surface area contributed by atoms with Gasteiger partial charge in [-0.25, -0.2) is 0 Å². The van der Waals surface area contributed by atoms with E-state index in [0.29, 0.717) is 4.99 Å². The normalized spacial score (nSPS) is 17.9. The van der Waals surface area contributed by atoms with Gasteiger partial charge in [0.2, 0.25) is 5.91 Å². The Kier molecular flexibility index (Phi) is 3.39. The number of thiocarbonyl (C=S) groups is 1. The van der Waals surface area contributed by atoms with Crippen molar-refractivity contribution >= 4 is 23.1 Å². The van der Waals surface area contributed by atoms with Crippen LogP contribution in [0.15, 0.2) is 24.3 Å². The maximum Gasteiger partial charge on any atom is 0.233 e.